The lowest BCUT2D eigenvalue weighted by molar-refractivity contribution is -0.139. The number of anilines is 1. The minimum atomic E-state index is -4.09. The molecule has 0 aliphatic heterocycles. The molecule has 0 saturated carbocycles. The Balaban J connectivity index is 1.96. The monoisotopic (exact) mass is 541 g/mol. The Morgan fingerprint density at radius 1 is 0.919 bits per heavy atom. The predicted octanol–water partition coefficient (Wildman–Crippen LogP) is 4.87. The van der Waals surface area contributed by atoms with Gasteiger partial charge in [-0.3, -0.25) is 13.9 Å². The first-order valence-corrected chi connectivity index (χ1v) is 14.0. The van der Waals surface area contributed by atoms with Gasteiger partial charge in [0.2, 0.25) is 11.8 Å². The molecule has 3 rings (SSSR count). The largest absolute Gasteiger partial charge is 0.354 e. The maximum absolute atomic E-state index is 13.8. The maximum atomic E-state index is 13.8. The third-order valence-corrected chi connectivity index (χ3v) is 7.96. The van der Waals surface area contributed by atoms with Crippen molar-refractivity contribution in [3.63, 3.8) is 0 Å². The van der Waals surface area contributed by atoms with Crippen molar-refractivity contribution in [3.05, 3.63) is 95.5 Å². The summed E-state index contributed by atoms with van der Waals surface area (Å²) in [5, 5.41) is 3.31. The molecule has 37 heavy (non-hydrogen) atoms. The van der Waals surface area contributed by atoms with Gasteiger partial charge in [-0.1, -0.05) is 73.5 Å². The number of unbranched alkanes of at least 4 members (excludes halogenated alkanes) is 1. The SMILES string of the molecule is CCCCNC(=O)[C@@H](C)N(Cc1ccccc1)C(=O)CN(c1ccc(Cl)cc1)S(=O)(=O)c1ccccc1. The van der Waals surface area contributed by atoms with Gasteiger partial charge in [0, 0.05) is 18.1 Å². The van der Waals surface area contributed by atoms with Crippen molar-refractivity contribution < 1.29 is 18.0 Å². The topological polar surface area (TPSA) is 86.8 Å². The summed E-state index contributed by atoms with van der Waals surface area (Å²) >= 11 is 6.04. The van der Waals surface area contributed by atoms with Crippen LogP contribution in [0.25, 0.3) is 0 Å². The number of nitrogens with zero attached hydrogens (tertiary/aromatic N) is 2. The summed E-state index contributed by atoms with van der Waals surface area (Å²) in [5.41, 5.74) is 1.12. The number of amides is 2. The van der Waals surface area contributed by atoms with Crippen LogP contribution < -0.4 is 9.62 Å². The number of carbonyl (C=O) groups excluding carboxylic acids is 2. The molecule has 0 radical (unpaired) electrons. The third-order valence-electron chi connectivity index (χ3n) is 5.92. The highest BCUT2D eigenvalue weighted by Crippen LogP contribution is 2.26. The highest BCUT2D eigenvalue weighted by atomic mass is 35.5. The molecule has 0 aromatic heterocycles. The molecule has 9 heteroatoms. The zero-order valence-electron chi connectivity index (χ0n) is 21.0. The molecule has 0 aliphatic carbocycles. The summed E-state index contributed by atoms with van der Waals surface area (Å²) in [6, 6.07) is 22.7. The molecule has 1 N–H and O–H groups in total. The Labute approximate surface area is 224 Å². The Morgan fingerprint density at radius 2 is 1.51 bits per heavy atom. The summed E-state index contributed by atoms with van der Waals surface area (Å²) < 4.78 is 28.4. The van der Waals surface area contributed by atoms with Gasteiger partial charge in [0.15, 0.2) is 0 Å². The lowest BCUT2D eigenvalue weighted by atomic mass is 10.1. The van der Waals surface area contributed by atoms with Crippen LogP contribution in [-0.2, 0) is 26.2 Å². The van der Waals surface area contributed by atoms with Crippen LogP contribution in [0.2, 0.25) is 5.02 Å². The fourth-order valence-corrected chi connectivity index (χ4v) is 5.32. The minimum Gasteiger partial charge on any atom is -0.354 e. The van der Waals surface area contributed by atoms with Gasteiger partial charge in [0.1, 0.15) is 12.6 Å². The number of halogens is 1. The summed E-state index contributed by atoms with van der Waals surface area (Å²) in [6.07, 6.45) is 1.75. The molecule has 0 spiro atoms. The van der Waals surface area contributed by atoms with Crippen LogP contribution in [0.1, 0.15) is 32.3 Å². The minimum absolute atomic E-state index is 0.0534. The number of hydrogen-bond acceptors (Lipinski definition) is 4. The fraction of sp³-hybridized carbons (Fsp3) is 0.286. The highest BCUT2D eigenvalue weighted by molar-refractivity contribution is 7.92. The van der Waals surface area contributed by atoms with Crippen molar-refractivity contribution in [2.45, 2.75) is 44.2 Å². The Bertz CT molecular complexity index is 1270. The molecule has 0 saturated heterocycles. The second-order valence-electron chi connectivity index (χ2n) is 8.63. The number of carbonyl (C=O) groups is 2. The van der Waals surface area contributed by atoms with E-state index < -0.39 is 28.5 Å². The van der Waals surface area contributed by atoms with Crippen LogP contribution in [-0.4, -0.2) is 44.3 Å². The van der Waals surface area contributed by atoms with Crippen LogP contribution in [0, 0.1) is 0 Å². The van der Waals surface area contributed by atoms with E-state index in [1.165, 1.54) is 17.0 Å². The molecular weight excluding hydrogens is 510 g/mol. The van der Waals surface area contributed by atoms with Crippen LogP contribution >= 0.6 is 11.6 Å². The van der Waals surface area contributed by atoms with E-state index in [0.29, 0.717) is 17.3 Å². The van der Waals surface area contributed by atoms with Crippen molar-refractivity contribution in [2.24, 2.45) is 0 Å². The van der Waals surface area contributed by atoms with Gasteiger partial charge in [0.25, 0.3) is 10.0 Å². The molecule has 0 heterocycles. The van der Waals surface area contributed by atoms with Gasteiger partial charge in [0.05, 0.1) is 10.6 Å². The third kappa shape index (κ3) is 7.57. The van der Waals surface area contributed by atoms with Crippen LogP contribution in [0.15, 0.2) is 89.8 Å². The number of nitrogens with one attached hydrogen (secondary N) is 1. The van der Waals surface area contributed by atoms with E-state index in [9.17, 15) is 18.0 Å². The van der Waals surface area contributed by atoms with Gasteiger partial charge in [-0.2, -0.15) is 0 Å². The second kappa shape index (κ2) is 13.3. The summed E-state index contributed by atoms with van der Waals surface area (Å²) in [4.78, 5) is 28.2. The predicted molar refractivity (Wildman–Crippen MR) is 147 cm³/mol. The number of sulfonamides is 1. The fourth-order valence-electron chi connectivity index (χ4n) is 3.75. The molecule has 0 bridgehead atoms. The van der Waals surface area contributed by atoms with Crippen LogP contribution in [0.3, 0.4) is 0 Å². The number of hydrogen-bond donors (Lipinski definition) is 1. The quantitative estimate of drug-likeness (QED) is 0.331. The molecule has 1 atom stereocenters. The summed E-state index contributed by atoms with van der Waals surface area (Å²) in [7, 11) is -4.09. The molecule has 7 nitrogen and oxygen atoms in total. The van der Waals surface area contributed by atoms with E-state index in [1.807, 2.05) is 37.3 Å². The van der Waals surface area contributed by atoms with Gasteiger partial charge in [-0.25, -0.2) is 8.42 Å². The Hall–Kier alpha value is -3.36. The average Bonchev–Trinajstić information content (AvgIpc) is 2.91. The van der Waals surface area contributed by atoms with Crippen LogP contribution in [0.5, 0.6) is 0 Å². The highest BCUT2D eigenvalue weighted by Gasteiger charge is 2.32. The average molecular weight is 542 g/mol. The molecule has 0 aliphatic rings. The van der Waals surface area contributed by atoms with E-state index in [2.05, 4.69) is 5.32 Å². The maximum Gasteiger partial charge on any atom is 0.264 e. The van der Waals surface area contributed by atoms with Crippen molar-refractivity contribution >= 4 is 39.1 Å². The zero-order valence-corrected chi connectivity index (χ0v) is 22.6. The molecule has 0 unspecified atom stereocenters. The van der Waals surface area contributed by atoms with Gasteiger partial charge in [-0.05, 0) is 55.3 Å². The summed E-state index contributed by atoms with van der Waals surface area (Å²) in [5.74, 6) is -0.793. The van der Waals surface area contributed by atoms with Crippen molar-refractivity contribution in [2.75, 3.05) is 17.4 Å². The smallest absolute Gasteiger partial charge is 0.264 e. The van der Waals surface area contributed by atoms with E-state index in [1.54, 1.807) is 49.4 Å². The van der Waals surface area contributed by atoms with Crippen molar-refractivity contribution in [1.29, 1.82) is 0 Å². The number of benzene rings is 3. The lowest BCUT2D eigenvalue weighted by Crippen LogP contribution is -2.51. The lowest BCUT2D eigenvalue weighted by Gasteiger charge is -2.32. The first-order chi connectivity index (χ1) is 17.7. The van der Waals surface area contributed by atoms with E-state index in [-0.39, 0.29) is 17.3 Å². The van der Waals surface area contributed by atoms with Crippen molar-refractivity contribution in [3.8, 4) is 0 Å². The summed E-state index contributed by atoms with van der Waals surface area (Å²) in [6.45, 7) is 3.85. The normalized spacial score (nSPS) is 12.0. The first kappa shape index (κ1) is 28.2. The Kier molecular flexibility index (Phi) is 10.1. The second-order valence-corrected chi connectivity index (χ2v) is 10.9. The standard InChI is InChI=1S/C28H32ClN3O4S/c1-3-4-19-30-28(34)22(2)31(20-23-11-7-5-8-12-23)27(33)21-32(25-17-15-24(29)16-18-25)37(35,36)26-13-9-6-10-14-26/h5-18,22H,3-4,19-21H2,1-2H3,(H,30,34)/t22-/m1/s1. The van der Waals surface area contributed by atoms with Gasteiger partial charge >= 0.3 is 0 Å². The van der Waals surface area contributed by atoms with E-state index in [4.69, 9.17) is 11.6 Å². The van der Waals surface area contributed by atoms with Gasteiger partial charge in [-0.15, -0.1) is 0 Å². The van der Waals surface area contributed by atoms with Gasteiger partial charge < -0.3 is 10.2 Å². The molecule has 3 aromatic carbocycles. The molecule has 3 aromatic rings. The zero-order chi connectivity index (χ0) is 26.8. The van der Waals surface area contributed by atoms with E-state index >= 15 is 0 Å². The molecule has 0 fully saturated rings. The number of rotatable bonds is 12. The van der Waals surface area contributed by atoms with Crippen molar-refractivity contribution in [1.82, 2.24) is 10.2 Å². The molecule has 196 valence electrons. The van der Waals surface area contributed by atoms with E-state index in [0.717, 1.165) is 22.7 Å². The molecular formula is C28H32ClN3O4S. The first-order valence-electron chi connectivity index (χ1n) is 12.2. The molecule has 2 amide bonds. The Morgan fingerprint density at radius 3 is 2.11 bits per heavy atom. The van der Waals surface area contributed by atoms with Crippen LogP contribution in [0.4, 0.5) is 5.69 Å².